The number of likely N-dealkylation sites (N-methyl/N-ethyl adjacent to an activating group) is 1. The highest BCUT2D eigenvalue weighted by Crippen LogP contribution is 2.38. The van der Waals surface area contributed by atoms with Crippen molar-refractivity contribution in [1.29, 1.82) is 0 Å². The van der Waals surface area contributed by atoms with Gasteiger partial charge in [-0.3, -0.25) is 0 Å². The smallest absolute Gasteiger partial charge is 0.225 e. The van der Waals surface area contributed by atoms with E-state index >= 15 is 0 Å². The summed E-state index contributed by atoms with van der Waals surface area (Å²) in [4.78, 5) is 12.2. The molecule has 1 saturated carbocycles. The lowest BCUT2D eigenvalue weighted by Gasteiger charge is -2.44. The van der Waals surface area contributed by atoms with Gasteiger partial charge in [-0.25, -0.2) is 14.4 Å². The van der Waals surface area contributed by atoms with Gasteiger partial charge in [0, 0.05) is 26.1 Å². The van der Waals surface area contributed by atoms with Gasteiger partial charge in [-0.2, -0.15) is 4.52 Å². The van der Waals surface area contributed by atoms with Crippen LogP contribution in [0.15, 0.2) is 24.5 Å². The minimum Gasteiger partial charge on any atom is -0.351 e. The number of hydrogen-bond donors (Lipinski definition) is 0. The number of aromatic nitrogens is 6. The molecule has 1 saturated heterocycles. The molecule has 8 nitrogen and oxygen atoms in total. The molecule has 2 fully saturated rings. The summed E-state index contributed by atoms with van der Waals surface area (Å²) < 4.78 is 14.8. The van der Waals surface area contributed by atoms with E-state index in [1.165, 1.54) is 25.2 Å². The van der Waals surface area contributed by atoms with E-state index in [0.717, 1.165) is 30.4 Å². The molecule has 3 aromatic heterocycles. The van der Waals surface area contributed by atoms with E-state index in [1.807, 2.05) is 28.6 Å². The molecule has 128 valence electrons. The molecule has 0 amide bonds. The maximum atomic E-state index is 13.0. The SMILES string of the molecule is CN(c1ncc(F)cn1)C1CN(c2ccc3nnc(C4CC4)n3n2)C1. The number of nitrogens with zero attached hydrogens (tertiary/aromatic N) is 8. The molecule has 3 aromatic rings. The van der Waals surface area contributed by atoms with Crippen LogP contribution in [0.1, 0.15) is 24.6 Å². The van der Waals surface area contributed by atoms with Crippen LogP contribution in [0.2, 0.25) is 0 Å². The second-order valence-electron chi connectivity index (χ2n) is 6.67. The highest BCUT2D eigenvalue weighted by Gasteiger charge is 2.33. The van der Waals surface area contributed by atoms with Crippen molar-refractivity contribution in [1.82, 2.24) is 29.8 Å². The van der Waals surface area contributed by atoms with Crippen LogP contribution >= 0.6 is 0 Å². The summed E-state index contributed by atoms with van der Waals surface area (Å²) in [7, 11) is 1.93. The second-order valence-corrected chi connectivity index (χ2v) is 6.67. The Bertz CT molecular complexity index is 914. The van der Waals surface area contributed by atoms with E-state index < -0.39 is 5.82 Å². The van der Waals surface area contributed by atoms with E-state index in [4.69, 9.17) is 5.10 Å². The summed E-state index contributed by atoms with van der Waals surface area (Å²) in [5.74, 6) is 2.49. The van der Waals surface area contributed by atoms with Crippen molar-refractivity contribution in [2.75, 3.05) is 29.9 Å². The highest BCUT2D eigenvalue weighted by atomic mass is 19.1. The molecule has 0 unspecified atom stereocenters. The molecule has 9 heteroatoms. The van der Waals surface area contributed by atoms with Gasteiger partial charge in [0.1, 0.15) is 5.82 Å². The Kier molecular flexibility index (Phi) is 3.09. The number of anilines is 2. The van der Waals surface area contributed by atoms with Gasteiger partial charge in [0.25, 0.3) is 0 Å². The Morgan fingerprint density at radius 2 is 1.88 bits per heavy atom. The minimum atomic E-state index is -0.426. The quantitative estimate of drug-likeness (QED) is 0.707. The van der Waals surface area contributed by atoms with Gasteiger partial charge < -0.3 is 9.80 Å². The van der Waals surface area contributed by atoms with E-state index in [1.54, 1.807) is 0 Å². The first kappa shape index (κ1) is 14.5. The first-order chi connectivity index (χ1) is 12.2. The fraction of sp³-hybridized carbons (Fsp3) is 0.438. The molecular weight excluding hydrogens is 323 g/mol. The van der Waals surface area contributed by atoms with Crippen LogP contribution in [-0.2, 0) is 0 Å². The molecule has 2 aliphatic rings. The van der Waals surface area contributed by atoms with Gasteiger partial charge in [0.2, 0.25) is 5.95 Å². The maximum absolute atomic E-state index is 13.0. The standard InChI is InChI=1S/C16H17FN8/c1-23(16-18-6-11(17)7-19-16)12-8-24(9-12)14-5-4-13-20-21-15(10-2-3-10)25(13)22-14/h4-7,10,12H,2-3,8-9H2,1H3. The number of fused-ring (bicyclic) bond motifs is 1. The molecule has 0 aromatic carbocycles. The average molecular weight is 340 g/mol. The van der Waals surface area contributed by atoms with E-state index in [0.29, 0.717) is 11.9 Å². The van der Waals surface area contributed by atoms with Crippen molar-refractivity contribution in [3.8, 4) is 0 Å². The van der Waals surface area contributed by atoms with Crippen LogP contribution < -0.4 is 9.80 Å². The zero-order chi connectivity index (χ0) is 17.0. The Morgan fingerprint density at radius 3 is 2.60 bits per heavy atom. The van der Waals surface area contributed by atoms with Gasteiger partial charge in [0.05, 0.1) is 18.4 Å². The molecule has 0 bridgehead atoms. The Balaban J connectivity index is 1.32. The van der Waals surface area contributed by atoms with Crippen LogP contribution in [0.25, 0.3) is 5.65 Å². The summed E-state index contributed by atoms with van der Waals surface area (Å²) in [6, 6.07) is 4.21. The largest absolute Gasteiger partial charge is 0.351 e. The first-order valence-electron chi connectivity index (χ1n) is 8.37. The summed E-state index contributed by atoms with van der Waals surface area (Å²) in [5.41, 5.74) is 0.791. The molecule has 0 spiro atoms. The molecule has 1 aliphatic heterocycles. The lowest BCUT2D eigenvalue weighted by atomic mass is 10.1. The van der Waals surface area contributed by atoms with Gasteiger partial charge in [-0.15, -0.1) is 15.3 Å². The van der Waals surface area contributed by atoms with Crippen molar-refractivity contribution in [2.24, 2.45) is 0 Å². The summed E-state index contributed by atoms with van der Waals surface area (Å²) in [6.07, 6.45) is 4.72. The summed E-state index contributed by atoms with van der Waals surface area (Å²) in [6.45, 7) is 1.63. The van der Waals surface area contributed by atoms with Gasteiger partial charge >= 0.3 is 0 Å². The zero-order valence-corrected chi connectivity index (χ0v) is 13.7. The van der Waals surface area contributed by atoms with Crippen molar-refractivity contribution in [3.05, 3.63) is 36.2 Å². The van der Waals surface area contributed by atoms with E-state index in [9.17, 15) is 4.39 Å². The lowest BCUT2D eigenvalue weighted by Crippen LogP contribution is -2.59. The fourth-order valence-corrected chi connectivity index (χ4v) is 3.10. The van der Waals surface area contributed by atoms with Gasteiger partial charge in [0.15, 0.2) is 17.3 Å². The Morgan fingerprint density at radius 1 is 1.12 bits per heavy atom. The maximum Gasteiger partial charge on any atom is 0.225 e. The Hall–Kier alpha value is -2.84. The fourth-order valence-electron chi connectivity index (χ4n) is 3.10. The third kappa shape index (κ3) is 2.46. The first-order valence-corrected chi connectivity index (χ1v) is 8.37. The molecule has 4 heterocycles. The third-order valence-electron chi connectivity index (χ3n) is 4.87. The predicted molar refractivity (Wildman–Crippen MR) is 89.2 cm³/mol. The number of hydrogen-bond acceptors (Lipinski definition) is 7. The van der Waals surface area contributed by atoms with E-state index in [-0.39, 0.29) is 6.04 Å². The van der Waals surface area contributed by atoms with Crippen molar-refractivity contribution in [2.45, 2.75) is 24.8 Å². The summed E-state index contributed by atoms with van der Waals surface area (Å²) in [5, 5.41) is 13.2. The second kappa shape index (κ2) is 5.33. The van der Waals surface area contributed by atoms with Crippen molar-refractivity contribution < 1.29 is 4.39 Å². The van der Waals surface area contributed by atoms with Crippen molar-refractivity contribution in [3.63, 3.8) is 0 Å². The van der Waals surface area contributed by atoms with Crippen LogP contribution in [0, 0.1) is 5.82 Å². The van der Waals surface area contributed by atoms with E-state index in [2.05, 4.69) is 25.1 Å². The molecule has 0 N–H and O–H groups in total. The van der Waals surface area contributed by atoms with Crippen LogP contribution in [0.5, 0.6) is 0 Å². The molecule has 0 radical (unpaired) electrons. The minimum absolute atomic E-state index is 0.270. The number of rotatable bonds is 4. The molecule has 5 rings (SSSR count). The third-order valence-corrected chi connectivity index (χ3v) is 4.87. The zero-order valence-electron chi connectivity index (χ0n) is 13.7. The monoisotopic (exact) mass is 340 g/mol. The van der Waals surface area contributed by atoms with Crippen LogP contribution in [0.4, 0.5) is 16.2 Å². The predicted octanol–water partition coefficient (Wildman–Crippen LogP) is 1.26. The average Bonchev–Trinajstić information content (AvgIpc) is 3.33. The molecular formula is C16H17FN8. The normalized spacial score (nSPS) is 17.8. The number of halogens is 1. The van der Waals surface area contributed by atoms with Crippen molar-refractivity contribution >= 4 is 17.4 Å². The van der Waals surface area contributed by atoms with Crippen LogP contribution in [0.3, 0.4) is 0 Å². The van der Waals surface area contributed by atoms with Gasteiger partial charge in [-0.05, 0) is 25.0 Å². The Labute approximate surface area is 143 Å². The van der Waals surface area contributed by atoms with Gasteiger partial charge in [-0.1, -0.05) is 0 Å². The topological polar surface area (TPSA) is 75.3 Å². The highest BCUT2D eigenvalue weighted by molar-refractivity contribution is 5.50. The molecule has 0 atom stereocenters. The molecule has 25 heavy (non-hydrogen) atoms. The van der Waals surface area contributed by atoms with Crippen LogP contribution in [-0.4, -0.2) is 56.0 Å². The summed E-state index contributed by atoms with van der Waals surface area (Å²) >= 11 is 0. The molecule has 1 aliphatic carbocycles. The lowest BCUT2D eigenvalue weighted by molar-refractivity contribution is 0.482.